The molecule has 2 amide bonds. The molecular formula is C14H26N2O4. The molecule has 0 heterocycles. The smallest absolute Gasteiger partial charge is 0.305 e. The zero-order chi connectivity index (χ0) is 15.6. The van der Waals surface area contributed by atoms with E-state index < -0.39 is 11.5 Å². The van der Waals surface area contributed by atoms with Crippen LogP contribution < -0.4 is 10.6 Å². The Bertz CT molecular complexity index is 338. The maximum absolute atomic E-state index is 11.9. The Hall–Kier alpha value is -1.59. The van der Waals surface area contributed by atoms with Crippen LogP contribution in [0.3, 0.4) is 0 Å². The fourth-order valence-corrected chi connectivity index (χ4v) is 1.95. The van der Waals surface area contributed by atoms with E-state index >= 15 is 0 Å². The summed E-state index contributed by atoms with van der Waals surface area (Å²) in [5, 5.41) is 14.4. The van der Waals surface area contributed by atoms with Crippen LogP contribution in [0, 0.1) is 0 Å². The summed E-state index contributed by atoms with van der Waals surface area (Å²) in [5.74, 6) is -1.37. The molecule has 6 nitrogen and oxygen atoms in total. The molecule has 0 aliphatic carbocycles. The van der Waals surface area contributed by atoms with Crippen LogP contribution >= 0.6 is 0 Å². The van der Waals surface area contributed by atoms with Crippen LogP contribution in [0.25, 0.3) is 0 Å². The Balaban J connectivity index is 4.33. The minimum Gasteiger partial charge on any atom is -0.481 e. The van der Waals surface area contributed by atoms with Gasteiger partial charge in [0.1, 0.15) is 0 Å². The summed E-state index contributed by atoms with van der Waals surface area (Å²) in [7, 11) is 0. The van der Waals surface area contributed by atoms with Crippen molar-refractivity contribution in [1.82, 2.24) is 10.6 Å². The quantitative estimate of drug-likeness (QED) is 0.566. The van der Waals surface area contributed by atoms with Crippen LogP contribution in [-0.2, 0) is 14.4 Å². The SMILES string of the molecule is CCCNC(=O)CCC(=O)NC(CC)(CC)CC(=O)O. The van der Waals surface area contributed by atoms with Gasteiger partial charge in [0.15, 0.2) is 0 Å². The van der Waals surface area contributed by atoms with Gasteiger partial charge in [0.05, 0.1) is 6.42 Å². The second kappa shape index (κ2) is 9.34. The largest absolute Gasteiger partial charge is 0.481 e. The Kier molecular flexibility index (Phi) is 8.59. The number of hydrogen-bond donors (Lipinski definition) is 3. The highest BCUT2D eigenvalue weighted by atomic mass is 16.4. The molecule has 0 saturated heterocycles. The van der Waals surface area contributed by atoms with Crippen LogP contribution in [-0.4, -0.2) is 35.0 Å². The minimum atomic E-state index is -0.935. The molecule has 0 radical (unpaired) electrons. The molecule has 0 atom stereocenters. The van der Waals surface area contributed by atoms with Gasteiger partial charge < -0.3 is 15.7 Å². The molecule has 0 saturated carbocycles. The van der Waals surface area contributed by atoms with Crippen molar-refractivity contribution >= 4 is 17.8 Å². The molecule has 116 valence electrons. The molecule has 0 aromatic rings. The average molecular weight is 286 g/mol. The van der Waals surface area contributed by atoms with Gasteiger partial charge in [0.25, 0.3) is 0 Å². The highest BCUT2D eigenvalue weighted by molar-refractivity contribution is 5.84. The summed E-state index contributed by atoms with van der Waals surface area (Å²) < 4.78 is 0. The van der Waals surface area contributed by atoms with Crippen LogP contribution in [0.4, 0.5) is 0 Å². The Morgan fingerprint density at radius 1 is 1.00 bits per heavy atom. The lowest BCUT2D eigenvalue weighted by molar-refractivity contribution is -0.139. The fourth-order valence-electron chi connectivity index (χ4n) is 1.95. The zero-order valence-electron chi connectivity index (χ0n) is 12.6. The standard InChI is InChI=1S/C14H26N2O4/c1-4-9-15-11(17)7-8-12(18)16-14(5-2,6-3)10-13(19)20/h4-10H2,1-3H3,(H,15,17)(H,16,18)(H,19,20). The molecule has 3 N–H and O–H groups in total. The lowest BCUT2D eigenvalue weighted by Gasteiger charge is -2.31. The average Bonchev–Trinajstić information content (AvgIpc) is 2.41. The summed E-state index contributed by atoms with van der Waals surface area (Å²) in [6.07, 6.45) is 2.05. The number of aliphatic carboxylic acids is 1. The van der Waals surface area contributed by atoms with Crippen LogP contribution in [0.2, 0.25) is 0 Å². The summed E-state index contributed by atoms with van der Waals surface area (Å²) in [6, 6.07) is 0. The van der Waals surface area contributed by atoms with Gasteiger partial charge in [-0.2, -0.15) is 0 Å². The van der Waals surface area contributed by atoms with E-state index in [-0.39, 0.29) is 31.1 Å². The highest BCUT2D eigenvalue weighted by Crippen LogP contribution is 2.20. The Morgan fingerprint density at radius 3 is 2.00 bits per heavy atom. The lowest BCUT2D eigenvalue weighted by Crippen LogP contribution is -2.49. The van der Waals surface area contributed by atoms with Gasteiger partial charge in [-0.1, -0.05) is 20.8 Å². The van der Waals surface area contributed by atoms with Crippen molar-refractivity contribution in [3.05, 3.63) is 0 Å². The molecular weight excluding hydrogens is 260 g/mol. The molecule has 0 aliphatic rings. The van der Waals surface area contributed by atoms with Crippen molar-refractivity contribution in [2.24, 2.45) is 0 Å². The second-order valence-electron chi connectivity index (χ2n) is 4.96. The maximum atomic E-state index is 11.9. The van der Waals surface area contributed by atoms with Crippen LogP contribution in [0.5, 0.6) is 0 Å². The Morgan fingerprint density at radius 2 is 1.55 bits per heavy atom. The number of amides is 2. The lowest BCUT2D eigenvalue weighted by atomic mass is 9.88. The predicted octanol–water partition coefficient (Wildman–Crippen LogP) is 1.44. The molecule has 0 aliphatic heterocycles. The van der Waals surface area contributed by atoms with Crippen molar-refractivity contribution < 1.29 is 19.5 Å². The minimum absolute atomic E-state index is 0.0803. The van der Waals surface area contributed by atoms with E-state index in [2.05, 4.69) is 10.6 Å². The number of rotatable bonds is 10. The molecule has 0 rings (SSSR count). The van der Waals surface area contributed by atoms with Gasteiger partial charge in [-0.25, -0.2) is 0 Å². The first-order chi connectivity index (χ1) is 9.39. The second-order valence-corrected chi connectivity index (χ2v) is 4.96. The number of carbonyl (C=O) groups is 3. The fraction of sp³-hybridized carbons (Fsp3) is 0.786. The van der Waals surface area contributed by atoms with E-state index in [0.29, 0.717) is 19.4 Å². The van der Waals surface area contributed by atoms with Gasteiger partial charge in [0, 0.05) is 24.9 Å². The van der Waals surface area contributed by atoms with E-state index in [1.807, 2.05) is 20.8 Å². The van der Waals surface area contributed by atoms with Gasteiger partial charge in [-0.15, -0.1) is 0 Å². The Labute approximate surface area is 120 Å². The monoisotopic (exact) mass is 286 g/mol. The maximum Gasteiger partial charge on any atom is 0.305 e. The number of carboxylic acid groups (broad SMARTS) is 1. The number of carboxylic acids is 1. The normalized spacial score (nSPS) is 10.9. The van der Waals surface area contributed by atoms with E-state index in [1.165, 1.54) is 0 Å². The molecule has 0 fully saturated rings. The summed E-state index contributed by atoms with van der Waals surface area (Å²) in [6.45, 7) is 6.25. The third kappa shape index (κ3) is 7.11. The molecule has 0 spiro atoms. The van der Waals surface area contributed by atoms with Gasteiger partial charge in [-0.3, -0.25) is 14.4 Å². The van der Waals surface area contributed by atoms with Crippen molar-refractivity contribution in [3.8, 4) is 0 Å². The van der Waals surface area contributed by atoms with E-state index in [0.717, 1.165) is 6.42 Å². The van der Waals surface area contributed by atoms with Gasteiger partial charge in [-0.05, 0) is 19.3 Å². The van der Waals surface area contributed by atoms with Crippen molar-refractivity contribution in [2.75, 3.05) is 6.54 Å². The van der Waals surface area contributed by atoms with Crippen LogP contribution in [0.15, 0.2) is 0 Å². The van der Waals surface area contributed by atoms with Gasteiger partial charge >= 0.3 is 5.97 Å². The first kappa shape index (κ1) is 18.4. The predicted molar refractivity (Wildman–Crippen MR) is 76.2 cm³/mol. The number of hydrogen-bond acceptors (Lipinski definition) is 3. The van der Waals surface area contributed by atoms with Gasteiger partial charge in [0.2, 0.25) is 11.8 Å². The summed E-state index contributed by atoms with van der Waals surface area (Å²) in [4.78, 5) is 34.1. The first-order valence-corrected chi connectivity index (χ1v) is 7.18. The van der Waals surface area contributed by atoms with E-state index in [4.69, 9.17) is 5.11 Å². The summed E-state index contributed by atoms with van der Waals surface area (Å²) in [5.41, 5.74) is -0.719. The first-order valence-electron chi connectivity index (χ1n) is 7.18. The van der Waals surface area contributed by atoms with Crippen molar-refractivity contribution in [2.45, 2.75) is 64.8 Å². The highest BCUT2D eigenvalue weighted by Gasteiger charge is 2.30. The number of carbonyl (C=O) groups excluding carboxylic acids is 2. The summed E-state index contributed by atoms with van der Waals surface area (Å²) >= 11 is 0. The van der Waals surface area contributed by atoms with E-state index in [9.17, 15) is 14.4 Å². The zero-order valence-corrected chi connectivity index (χ0v) is 12.6. The molecule has 0 aromatic carbocycles. The molecule has 20 heavy (non-hydrogen) atoms. The van der Waals surface area contributed by atoms with E-state index in [1.54, 1.807) is 0 Å². The molecule has 6 heteroatoms. The molecule has 0 aromatic heterocycles. The molecule has 0 bridgehead atoms. The van der Waals surface area contributed by atoms with Crippen LogP contribution in [0.1, 0.15) is 59.3 Å². The third-order valence-corrected chi connectivity index (χ3v) is 3.40. The topological polar surface area (TPSA) is 95.5 Å². The van der Waals surface area contributed by atoms with Crippen molar-refractivity contribution in [1.29, 1.82) is 0 Å². The third-order valence-electron chi connectivity index (χ3n) is 3.40. The molecule has 0 unspecified atom stereocenters. The number of nitrogens with one attached hydrogen (secondary N) is 2. The van der Waals surface area contributed by atoms with Crippen molar-refractivity contribution in [3.63, 3.8) is 0 Å².